The quantitative estimate of drug-likeness (QED) is 0.523. The second-order valence-corrected chi connectivity index (χ2v) is 5.09. The van der Waals surface area contributed by atoms with E-state index >= 15 is 0 Å². The van der Waals surface area contributed by atoms with Crippen molar-refractivity contribution >= 4 is 5.97 Å². The van der Waals surface area contributed by atoms with Gasteiger partial charge in [-0.25, -0.2) is 4.79 Å². The molecule has 0 bridgehead atoms. The Morgan fingerprint density at radius 1 is 1.50 bits per heavy atom. The Balaban J connectivity index is 2.60. The summed E-state index contributed by atoms with van der Waals surface area (Å²) in [5.74, 6) is 0.517. The van der Waals surface area contributed by atoms with Gasteiger partial charge in [0, 0.05) is 6.08 Å². The van der Waals surface area contributed by atoms with E-state index in [2.05, 4.69) is 20.4 Å². The van der Waals surface area contributed by atoms with Crippen molar-refractivity contribution in [2.24, 2.45) is 5.92 Å². The van der Waals surface area contributed by atoms with Gasteiger partial charge in [-0.2, -0.15) is 0 Å². The maximum absolute atomic E-state index is 11.4. The van der Waals surface area contributed by atoms with E-state index in [-0.39, 0.29) is 11.6 Å². The van der Waals surface area contributed by atoms with Gasteiger partial charge in [0.05, 0.1) is 0 Å². The standard InChI is InChI=1S/C14H24O2/c1-4-6-9-14(16-13(15)5-2)10-7-12(3)8-11-14/h5,12H,2,4,6-11H2,1,3H3. The van der Waals surface area contributed by atoms with Crippen LogP contribution in [0.1, 0.15) is 58.8 Å². The summed E-state index contributed by atoms with van der Waals surface area (Å²) in [6.45, 7) is 7.93. The van der Waals surface area contributed by atoms with E-state index < -0.39 is 0 Å². The normalized spacial score (nSPS) is 29.8. The maximum Gasteiger partial charge on any atom is 0.330 e. The largest absolute Gasteiger partial charge is 0.456 e. The van der Waals surface area contributed by atoms with Gasteiger partial charge in [0.15, 0.2) is 0 Å². The lowest BCUT2D eigenvalue weighted by atomic mass is 9.77. The van der Waals surface area contributed by atoms with Crippen molar-refractivity contribution in [3.63, 3.8) is 0 Å². The minimum Gasteiger partial charge on any atom is -0.456 e. The third-order valence-corrected chi connectivity index (χ3v) is 3.66. The van der Waals surface area contributed by atoms with Crippen molar-refractivity contribution in [2.75, 3.05) is 0 Å². The smallest absolute Gasteiger partial charge is 0.330 e. The zero-order valence-electron chi connectivity index (χ0n) is 10.6. The SMILES string of the molecule is C=CC(=O)OC1(CCCC)CCC(C)CC1. The molecule has 1 rings (SSSR count). The lowest BCUT2D eigenvalue weighted by Gasteiger charge is -2.38. The molecule has 0 spiro atoms. The lowest BCUT2D eigenvalue weighted by molar-refractivity contribution is -0.159. The number of unbranched alkanes of at least 4 members (excludes halogenated alkanes) is 1. The van der Waals surface area contributed by atoms with E-state index in [1.807, 2.05) is 0 Å². The van der Waals surface area contributed by atoms with Crippen LogP contribution in [0.4, 0.5) is 0 Å². The fourth-order valence-electron chi connectivity index (χ4n) is 2.45. The Morgan fingerprint density at radius 3 is 2.62 bits per heavy atom. The Bertz CT molecular complexity index is 232. The Labute approximate surface area is 99.1 Å². The third kappa shape index (κ3) is 3.66. The Kier molecular flexibility index (Phi) is 5.04. The second kappa shape index (κ2) is 6.07. The minimum atomic E-state index is -0.259. The van der Waals surface area contributed by atoms with Crippen LogP contribution in [0.15, 0.2) is 12.7 Å². The fourth-order valence-corrected chi connectivity index (χ4v) is 2.45. The molecule has 1 aliphatic carbocycles. The number of ether oxygens (including phenoxy) is 1. The molecule has 0 unspecified atom stereocenters. The van der Waals surface area contributed by atoms with Gasteiger partial charge >= 0.3 is 5.97 Å². The van der Waals surface area contributed by atoms with Gasteiger partial charge in [0.1, 0.15) is 5.60 Å². The third-order valence-electron chi connectivity index (χ3n) is 3.66. The molecular formula is C14H24O2. The predicted molar refractivity (Wildman–Crippen MR) is 66.2 cm³/mol. The van der Waals surface area contributed by atoms with Crippen molar-refractivity contribution in [1.82, 2.24) is 0 Å². The zero-order chi connectivity index (χ0) is 12.0. The van der Waals surface area contributed by atoms with Crippen LogP contribution in [0.5, 0.6) is 0 Å². The van der Waals surface area contributed by atoms with Crippen LogP contribution < -0.4 is 0 Å². The van der Waals surface area contributed by atoms with E-state index in [0.717, 1.165) is 38.0 Å². The van der Waals surface area contributed by atoms with Crippen LogP contribution in [-0.2, 0) is 9.53 Å². The number of carbonyl (C=O) groups excluding carboxylic acids is 1. The average Bonchev–Trinajstić information content (AvgIpc) is 2.30. The van der Waals surface area contributed by atoms with Crippen LogP contribution in [0.2, 0.25) is 0 Å². The highest BCUT2D eigenvalue weighted by Gasteiger charge is 2.36. The molecular weight excluding hydrogens is 200 g/mol. The van der Waals surface area contributed by atoms with E-state index in [1.165, 1.54) is 18.9 Å². The molecule has 1 fully saturated rings. The van der Waals surface area contributed by atoms with Crippen LogP contribution >= 0.6 is 0 Å². The summed E-state index contributed by atoms with van der Waals surface area (Å²) in [5.41, 5.74) is -0.187. The summed E-state index contributed by atoms with van der Waals surface area (Å²) in [5, 5.41) is 0. The molecule has 2 heteroatoms. The van der Waals surface area contributed by atoms with Crippen LogP contribution in [0, 0.1) is 5.92 Å². The lowest BCUT2D eigenvalue weighted by Crippen LogP contribution is -2.38. The zero-order valence-corrected chi connectivity index (χ0v) is 10.6. The van der Waals surface area contributed by atoms with E-state index in [0.29, 0.717) is 0 Å². The first-order valence-corrected chi connectivity index (χ1v) is 6.47. The number of esters is 1. The molecule has 0 amide bonds. The molecule has 2 nitrogen and oxygen atoms in total. The van der Waals surface area contributed by atoms with Gasteiger partial charge in [-0.3, -0.25) is 0 Å². The summed E-state index contributed by atoms with van der Waals surface area (Å²) in [6, 6.07) is 0. The van der Waals surface area contributed by atoms with E-state index in [9.17, 15) is 4.79 Å². The Morgan fingerprint density at radius 2 is 2.12 bits per heavy atom. The van der Waals surface area contributed by atoms with Gasteiger partial charge in [0.25, 0.3) is 0 Å². The van der Waals surface area contributed by atoms with Crippen molar-refractivity contribution in [3.05, 3.63) is 12.7 Å². The summed E-state index contributed by atoms with van der Waals surface area (Å²) in [7, 11) is 0. The molecule has 0 saturated heterocycles. The molecule has 0 aromatic rings. The molecule has 0 aliphatic heterocycles. The highest BCUT2D eigenvalue weighted by atomic mass is 16.6. The van der Waals surface area contributed by atoms with Crippen molar-refractivity contribution in [1.29, 1.82) is 0 Å². The molecule has 0 aromatic heterocycles. The van der Waals surface area contributed by atoms with Crippen LogP contribution in [-0.4, -0.2) is 11.6 Å². The van der Waals surface area contributed by atoms with Crippen LogP contribution in [0.3, 0.4) is 0 Å². The highest BCUT2D eigenvalue weighted by molar-refractivity contribution is 5.81. The molecule has 1 aliphatic rings. The molecule has 0 radical (unpaired) electrons. The first-order valence-electron chi connectivity index (χ1n) is 6.47. The molecule has 16 heavy (non-hydrogen) atoms. The summed E-state index contributed by atoms with van der Waals surface area (Å²) < 4.78 is 5.62. The average molecular weight is 224 g/mol. The number of rotatable bonds is 5. The van der Waals surface area contributed by atoms with E-state index in [4.69, 9.17) is 4.74 Å². The first kappa shape index (κ1) is 13.3. The molecule has 92 valence electrons. The summed E-state index contributed by atoms with van der Waals surface area (Å²) in [4.78, 5) is 11.4. The topological polar surface area (TPSA) is 26.3 Å². The number of hydrogen-bond donors (Lipinski definition) is 0. The van der Waals surface area contributed by atoms with Crippen molar-refractivity contribution < 1.29 is 9.53 Å². The Hall–Kier alpha value is -0.790. The molecule has 0 heterocycles. The van der Waals surface area contributed by atoms with Crippen molar-refractivity contribution in [3.8, 4) is 0 Å². The summed E-state index contributed by atoms with van der Waals surface area (Å²) >= 11 is 0. The molecule has 1 saturated carbocycles. The number of carbonyl (C=O) groups is 1. The van der Waals surface area contributed by atoms with E-state index in [1.54, 1.807) is 0 Å². The monoisotopic (exact) mass is 224 g/mol. The minimum absolute atomic E-state index is 0.187. The summed E-state index contributed by atoms with van der Waals surface area (Å²) in [6.07, 6.45) is 8.98. The van der Waals surface area contributed by atoms with Gasteiger partial charge in [0.2, 0.25) is 0 Å². The molecule has 0 aromatic carbocycles. The highest BCUT2D eigenvalue weighted by Crippen LogP contribution is 2.38. The first-order chi connectivity index (χ1) is 7.62. The van der Waals surface area contributed by atoms with Crippen LogP contribution in [0.25, 0.3) is 0 Å². The van der Waals surface area contributed by atoms with Gasteiger partial charge < -0.3 is 4.74 Å². The molecule has 0 N–H and O–H groups in total. The fraction of sp³-hybridized carbons (Fsp3) is 0.786. The number of hydrogen-bond acceptors (Lipinski definition) is 2. The molecule has 0 atom stereocenters. The van der Waals surface area contributed by atoms with Gasteiger partial charge in [-0.05, 0) is 44.4 Å². The predicted octanol–water partition coefficient (Wildman–Crippen LogP) is 3.85. The van der Waals surface area contributed by atoms with Crippen molar-refractivity contribution in [2.45, 2.75) is 64.4 Å². The van der Waals surface area contributed by atoms with Gasteiger partial charge in [-0.15, -0.1) is 0 Å². The van der Waals surface area contributed by atoms with Gasteiger partial charge in [-0.1, -0.05) is 26.8 Å². The second-order valence-electron chi connectivity index (χ2n) is 5.09. The maximum atomic E-state index is 11.4.